The summed E-state index contributed by atoms with van der Waals surface area (Å²) in [5.74, 6) is 0.853. The highest BCUT2D eigenvalue weighted by atomic mass is 16.5. The molecule has 0 aliphatic carbocycles. The highest BCUT2D eigenvalue weighted by Crippen LogP contribution is 2.14. The average Bonchev–Trinajstić information content (AvgIpc) is 3.66. The fraction of sp³-hybridized carbons (Fsp3) is 0.594. The second kappa shape index (κ2) is 18.5. The fourth-order valence-electron chi connectivity index (χ4n) is 5.18. The zero-order valence-corrected chi connectivity index (χ0v) is 25.0. The molecule has 220 valence electrons. The number of unbranched alkanes of at least 4 members (excludes halogenated alkanes) is 1. The van der Waals surface area contributed by atoms with E-state index in [0.29, 0.717) is 13.0 Å². The lowest BCUT2D eigenvalue weighted by molar-refractivity contribution is -0.143. The molecule has 0 saturated carbocycles. The third-order valence-corrected chi connectivity index (χ3v) is 7.10. The van der Waals surface area contributed by atoms with Crippen LogP contribution < -0.4 is 0 Å². The molecular formula is C32H50N6O2. The van der Waals surface area contributed by atoms with Crippen molar-refractivity contribution in [2.75, 3.05) is 45.9 Å². The van der Waals surface area contributed by atoms with Crippen molar-refractivity contribution < 1.29 is 9.53 Å². The molecule has 0 fully saturated rings. The molecule has 1 N–H and O–H groups in total. The topological polar surface area (TPSA) is 77.1 Å². The molecule has 40 heavy (non-hydrogen) atoms. The van der Waals surface area contributed by atoms with Crippen LogP contribution in [0.1, 0.15) is 76.2 Å². The number of esters is 1. The highest BCUT2D eigenvalue weighted by Gasteiger charge is 2.14. The van der Waals surface area contributed by atoms with E-state index < -0.39 is 0 Å². The number of aromatic amines is 1. The van der Waals surface area contributed by atoms with Crippen molar-refractivity contribution in [3.8, 4) is 0 Å². The van der Waals surface area contributed by atoms with Gasteiger partial charge < -0.3 is 14.6 Å². The number of imidazole rings is 1. The lowest BCUT2D eigenvalue weighted by Gasteiger charge is -2.24. The van der Waals surface area contributed by atoms with Crippen molar-refractivity contribution in [1.82, 2.24) is 24.7 Å². The molecular weight excluding hydrogens is 500 g/mol. The van der Waals surface area contributed by atoms with Crippen LogP contribution in [0, 0.1) is 0 Å². The van der Waals surface area contributed by atoms with Gasteiger partial charge in [-0.25, -0.2) is 4.98 Å². The standard InChI is InChI=1S/C32H50N6O2/c1-4-19-36(20-5-2)21-7-8-22-37(23-15-32(39)40-6-3)24-28-11-13-29(14-12-28)25-38(26-30-10-9-16-33-30)27-31-34-17-18-35-31/h9,11-14,16-18H,4-8,10,15,19-27H2,1-3H3,(H,34,35). The number of carbonyl (C=O) groups is 1. The first-order valence-corrected chi connectivity index (χ1v) is 15.2. The third-order valence-electron chi connectivity index (χ3n) is 7.10. The Kier molecular flexibility index (Phi) is 14.7. The number of hydrogen-bond donors (Lipinski definition) is 1. The Morgan fingerprint density at radius 3 is 2.10 bits per heavy atom. The molecule has 0 spiro atoms. The summed E-state index contributed by atoms with van der Waals surface area (Å²) in [5, 5.41) is 0. The van der Waals surface area contributed by atoms with Crippen molar-refractivity contribution >= 4 is 11.7 Å². The van der Waals surface area contributed by atoms with Crippen LogP contribution in [0.4, 0.5) is 0 Å². The lowest BCUT2D eigenvalue weighted by atomic mass is 10.1. The Labute approximate surface area is 241 Å². The SMILES string of the molecule is CCCN(CCC)CCCCN(CCC(=O)OCC)Cc1ccc(CN(CC2=NC=CC2)Cc2ncc[nH]2)cc1. The molecule has 0 atom stereocenters. The molecule has 3 rings (SSSR count). The number of rotatable bonds is 21. The second-order valence-corrected chi connectivity index (χ2v) is 10.7. The van der Waals surface area contributed by atoms with E-state index in [0.717, 1.165) is 64.5 Å². The van der Waals surface area contributed by atoms with E-state index in [2.05, 4.69) is 73.8 Å². The summed E-state index contributed by atoms with van der Waals surface area (Å²) >= 11 is 0. The van der Waals surface area contributed by atoms with Crippen molar-refractivity contribution in [1.29, 1.82) is 0 Å². The third kappa shape index (κ3) is 12.1. The molecule has 1 aliphatic heterocycles. The average molecular weight is 551 g/mol. The maximum absolute atomic E-state index is 12.1. The van der Waals surface area contributed by atoms with Crippen LogP contribution in [0.3, 0.4) is 0 Å². The number of nitrogens with zero attached hydrogens (tertiary/aromatic N) is 5. The van der Waals surface area contributed by atoms with Gasteiger partial charge in [0, 0.05) is 56.9 Å². The van der Waals surface area contributed by atoms with Gasteiger partial charge in [0.1, 0.15) is 5.82 Å². The summed E-state index contributed by atoms with van der Waals surface area (Å²) in [6, 6.07) is 8.93. The first-order chi connectivity index (χ1) is 19.6. The summed E-state index contributed by atoms with van der Waals surface area (Å²) in [6.07, 6.45) is 13.8. The smallest absolute Gasteiger partial charge is 0.307 e. The van der Waals surface area contributed by atoms with Gasteiger partial charge in [-0.05, 0) is 69.9 Å². The molecule has 0 unspecified atom stereocenters. The summed E-state index contributed by atoms with van der Waals surface area (Å²) in [6.45, 7) is 15.3. The fourth-order valence-corrected chi connectivity index (χ4v) is 5.18. The molecule has 1 aromatic heterocycles. The summed E-state index contributed by atoms with van der Waals surface area (Å²) in [4.78, 5) is 31.6. The monoisotopic (exact) mass is 550 g/mol. The number of ether oxygens (including phenoxy) is 1. The zero-order chi connectivity index (χ0) is 28.4. The second-order valence-electron chi connectivity index (χ2n) is 10.7. The van der Waals surface area contributed by atoms with Gasteiger partial charge in [-0.2, -0.15) is 0 Å². The van der Waals surface area contributed by atoms with Crippen LogP contribution in [0.5, 0.6) is 0 Å². The number of hydrogen-bond acceptors (Lipinski definition) is 7. The van der Waals surface area contributed by atoms with E-state index in [1.807, 2.05) is 19.3 Å². The number of carbonyl (C=O) groups excluding carboxylic acids is 1. The largest absolute Gasteiger partial charge is 0.466 e. The maximum Gasteiger partial charge on any atom is 0.307 e. The van der Waals surface area contributed by atoms with Crippen LogP contribution in [0.25, 0.3) is 0 Å². The van der Waals surface area contributed by atoms with Gasteiger partial charge in [-0.15, -0.1) is 0 Å². The highest BCUT2D eigenvalue weighted by molar-refractivity contribution is 5.89. The predicted octanol–water partition coefficient (Wildman–Crippen LogP) is 5.43. The molecule has 0 bridgehead atoms. The quantitative estimate of drug-likeness (QED) is 0.165. The first-order valence-electron chi connectivity index (χ1n) is 15.2. The van der Waals surface area contributed by atoms with Gasteiger partial charge in [0.15, 0.2) is 0 Å². The Morgan fingerprint density at radius 2 is 1.52 bits per heavy atom. The van der Waals surface area contributed by atoms with Crippen molar-refractivity contribution in [3.05, 3.63) is 65.9 Å². The van der Waals surface area contributed by atoms with Crippen LogP contribution in [-0.2, 0) is 29.2 Å². The Bertz CT molecular complexity index is 1010. The lowest BCUT2D eigenvalue weighted by Crippen LogP contribution is -2.30. The first kappa shape index (κ1) is 31.7. The van der Waals surface area contributed by atoms with E-state index in [1.54, 1.807) is 6.20 Å². The van der Waals surface area contributed by atoms with Crippen molar-refractivity contribution in [2.45, 2.75) is 78.9 Å². The van der Waals surface area contributed by atoms with E-state index in [9.17, 15) is 4.79 Å². The molecule has 8 heteroatoms. The molecule has 8 nitrogen and oxygen atoms in total. The van der Waals surface area contributed by atoms with Crippen molar-refractivity contribution in [3.63, 3.8) is 0 Å². The number of H-pyrrole nitrogens is 1. The van der Waals surface area contributed by atoms with Crippen LogP contribution >= 0.6 is 0 Å². The molecule has 2 aromatic rings. The van der Waals surface area contributed by atoms with Crippen molar-refractivity contribution in [2.24, 2.45) is 4.99 Å². The maximum atomic E-state index is 12.1. The normalized spacial score (nSPS) is 13.1. The minimum atomic E-state index is -0.112. The van der Waals surface area contributed by atoms with Gasteiger partial charge >= 0.3 is 5.97 Å². The number of aromatic nitrogens is 2. The molecule has 2 heterocycles. The van der Waals surface area contributed by atoms with E-state index in [-0.39, 0.29) is 5.97 Å². The number of nitrogens with one attached hydrogen (secondary N) is 1. The Hall–Kier alpha value is -2.81. The molecule has 0 amide bonds. The van der Waals surface area contributed by atoms with E-state index >= 15 is 0 Å². The Morgan fingerprint density at radius 1 is 0.850 bits per heavy atom. The van der Waals surface area contributed by atoms with Gasteiger partial charge in [0.05, 0.1) is 19.6 Å². The minimum absolute atomic E-state index is 0.112. The molecule has 1 aromatic carbocycles. The predicted molar refractivity (Wildman–Crippen MR) is 163 cm³/mol. The zero-order valence-electron chi connectivity index (χ0n) is 25.0. The number of aliphatic imine (C=N–C) groups is 1. The van der Waals surface area contributed by atoms with Crippen LogP contribution in [-0.4, -0.2) is 82.2 Å². The van der Waals surface area contributed by atoms with E-state index in [4.69, 9.17) is 4.74 Å². The Balaban J connectivity index is 1.55. The van der Waals surface area contributed by atoms with Gasteiger partial charge in [-0.1, -0.05) is 44.2 Å². The van der Waals surface area contributed by atoms with Crippen LogP contribution in [0.15, 0.2) is 53.9 Å². The summed E-state index contributed by atoms with van der Waals surface area (Å²) in [7, 11) is 0. The molecule has 1 aliphatic rings. The van der Waals surface area contributed by atoms with E-state index in [1.165, 1.54) is 49.2 Å². The van der Waals surface area contributed by atoms with Gasteiger partial charge in [-0.3, -0.25) is 19.6 Å². The summed E-state index contributed by atoms with van der Waals surface area (Å²) in [5.41, 5.74) is 3.73. The molecule has 0 saturated heterocycles. The summed E-state index contributed by atoms with van der Waals surface area (Å²) < 4.78 is 5.19. The molecule has 0 radical (unpaired) electrons. The minimum Gasteiger partial charge on any atom is -0.466 e. The van der Waals surface area contributed by atoms with Crippen LogP contribution in [0.2, 0.25) is 0 Å². The number of allylic oxidation sites excluding steroid dienone is 1. The number of benzene rings is 1. The van der Waals surface area contributed by atoms with Gasteiger partial charge in [0.2, 0.25) is 0 Å². The van der Waals surface area contributed by atoms with Gasteiger partial charge in [0.25, 0.3) is 0 Å².